The number of benzene rings is 3. The Kier molecular flexibility index (Phi) is 10.7. The van der Waals surface area contributed by atoms with E-state index < -0.39 is 29.3 Å². The van der Waals surface area contributed by atoms with Crippen LogP contribution in [0.2, 0.25) is 0 Å². The van der Waals surface area contributed by atoms with Crippen molar-refractivity contribution in [3.8, 4) is 11.1 Å². The number of amides is 2. The third kappa shape index (κ3) is 8.80. The van der Waals surface area contributed by atoms with Crippen LogP contribution in [0.25, 0.3) is 11.1 Å². The van der Waals surface area contributed by atoms with Crippen molar-refractivity contribution in [2.24, 2.45) is 11.3 Å². The van der Waals surface area contributed by atoms with Crippen molar-refractivity contribution in [3.05, 3.63) is 95.6 Å². The molecule has 6 heteroatoms. The van der Waals surface area contributed by atoms with E-state index in [0.717, 1.165) is 17.5 Å². The molecule has 0 aromatic heterocycles. The Hall–Kier alpha value is -3.93. The first-order valence-electron chi connectivity index (χ1n) is 14.0. The largest absolute Gasteiger partial charge is 0.481 e. The van der Waals surface area contributed by atoms with Gasteiger partial charge in [0.25, 0.3) is 0 Å². The smallest absolute Gasteiger partial charge is 0.304 e. The Morgan fingerprint density at radius 1 is 0.850 bits per heavy atom. The maximum Gasteiger partial charge on any atom is 0.304 e. The fourth-order valence-corrected chi connectivity index (χ4v) is 4.97. The molecule has 0 heterocycles. The molecule has 0 aliphatic carbocycles. The zero-order chi connectivity index (χ0) is 29.3. The van der Waals surface area contributed by atoms with Gasteiger partial charge in [0.1, 0.15) is 6.04 Å². The Bertz CT molecular complexity index is 1280. The van der Waals surface area contributed by atoms with Crippen LogP contribution in [-0.4, -0.2) is 28.9 Å². The number of aryl methyl sites for hydroxylation is 2. The second-order valence-electron chi connectivity index (χ2n) is 11.7. The molecule has 3 aromatic carbocycles. The number of rotatable bonds is 12. The van der Waals surface area contributed by atoms with Crippen LogP contribution in [0.15, 0.2) is 78.9 Å². The SMILES string of the molecule is Cc1cc(CCC[C@H](CC(=O)O)C(=O)N[C@H](C(=O)N[C@H](C)c2ccccc2)C(C)(C)C)ccc1-c1ccccc1. The predicted molar refractivity (Wildman–Crippen MR) is 160 cm³/mol. The summed E-state index contributed by atoms with van der Waals surface area (Å²) in [5, 5.41) is 15.4. The van der Waals surface area contributed by atoms with Gasteiger partial charge in [0.2, 0.25) is 11.8 Å². The van der Waals surface area contributed by atoms with Crippen molar-refractivity contribution in [2.45, 2.75) is 72.4 Å². The van der Waals surface area contributed by atoms with Crippen LogP contribution in [0.3, 0.4) is 0 Å². The summed E-state index contributed by atoms with van der Waals surface area (Å²) < 4.78 is 0. The summed E-state index contributed by atoms with van der Waals surface area (Å²) in [6.07, 6.45) is 1.53. The van der Waals surface area contributed by atoms with Gasteiger partial charge in [0.15, 0.2) is 0 Å². The molecule has 3 atom stereocenters. The Labute approximate surface area is 238 Å². The van der Waals surface area contributed by atoms with Crippen molar-refractivity contribution in [1.29, 1.82) is 0 Å². The molecular formula is C34H42N2O4. The monoisotopic (exact) mass is 542 g/mol. The van der Waals surface area contributed by atoms with Crippen LogP contribution >= 0.6 is 0 Å². The zero-order valence-corrected chi connectivity index (χ0v) is 24.2. The van der Waals surface area contributed by atoms with E-state index in [2.05, 4.69) is 47.9 Å². The van der Waals surface area contributed by atoms with E-state index in [1.165, 1.54) is 16.7 Å². The zero-order valence-electron chi connectivity index (χ0n) is 24.2. The van der Waals surface area contributed by atoms with Crippen LogP contribution in [0.5, 0.6) is 0 Å². The molecule has 2 amide bonds. The Morgan fingerprint density at radius 3 is 2.05 bits per heavy atom. The molecule has 3 aromatic rings. The lowest BCUT2D eigenvalue weighted by atomic mass is 9.85. The van der Waals surface area contributed by atoms with Crippen LogP contribution in [0.1, 0.15) is 69.7 Å². The van der Waals surface area contributed by atoms with Gasteiger partial charge in [-0.05, 0) is 66.3 Å². The first-order valence-corrected chi connectivity index (χ1v) is 14.0. The molecule has 40 heavy (non-hydrogen) atoms. The second-order valence-corrected chi connectivity index (χ2v) is 11.7. The average molecular weight is 543 g/mol. The quantitative estimate of drug-likeness (QED) is 0.244. The Morgan fingerprint density at radius 2 is 1.48 bits per heavy atom. The van der Waals surface area contributed by atoms with Crippen molar-refractivity contribution < 1.29 is 19.5 Å². The Balaban J connectivity index is 1.65. The minimum absolute atomic E-state index is 0.234. The highest BCUT2D eigenvalue weighted by Crippen LogP contribution is 2.26. The molecule has 0 unspecified atom stereocenters. The summed E-state index contributed by atoms with van der Waals surface area (Å²) in [6.45, 7) is 9.65. The summed E-state index contributed by atoms with van der Waals surface area (Å²) >= 11 is 0. The normalized spacial score (nSPS) is 13.6. The van der Waals surface area contributed by atoms with Crippen molar-refractivity contribution in [3.63, 3.8) is 0 Å². The van der Waals surface area contributed by atoms with Crippen molar-refractivity contribution in [2.75, 3.05) is 0 Å². The predicted octanol–water partition coefficient (Wildman–Crippen LogP) is 6.48. The van der Waals surface area contributed by atoms with Crippen LogP contribution < -0.4 is 10.6 Å². The minimum atomic E-state index is -1.03. The molecule has 3 N–H and O–H groups in total. The average Bonchev–Trinajstić information content (AvgIpc) is 2.91. The van der Waals surface area contributed by atoms with Gasteiger partial charge in [0, 0.05) is 5.92 Å². The lowest BCUT2D eigenvalue weighted by molar-refractivity contribution is -0.142. The molecule has 0 aliphatic heterocycles. The molecule has 0 radical (unpaired) electrons. The van der Waals surface area contributed by atoms with E-state index in [-0.39, 0.29) is 18.4 Å². The van der Waals surface area contributed by atoms with Crippen LogP contribution in [0.4, 0.5) is 0 Å². The lowest BCUT2D eigenvalue weighted by Crippen LogP contribution is -2.55. The molecule has 0 bridgehead atoms. The number of nitrogens with one attached hydrogen (secondary N) is 2. The molecule has 0 saturated carbocycles. The van der Waals surface area contributed by atoms with Gasteiger partial charge < -0.3 is 15.7 Å². The summed E-state index contributed by atoms with van der Waals surface area (Å²) in [7, 11) is 0. The van der Waals surface area contributed by atoms with Crippen LogP contribution in [-0.2, 0) is 20.8 Å². The molecule has 0 saturated heterocycles. The third-order valence-electron chi connectivity index (χ3n) is 7.26. The van der Waals surface area contributed by atoms with Crippen molar-refractivity contribution in [1.82, 2.24) is 10.6 Å². The number of hydrogen-bond acceptors (Lipinski definition) is 3. The maximum absolute atomic E-state index is 13.3. The fraction of sp³-hybridized carbons (Fsp3) is 0.382. The highest BCUT2D eigenvalue weighted by Gasteiger charge is 2.35. The van der Waals surface area contributed by atoms with Gasteiger partial charge in [-0.25, -0.2) is 0 Å². The van der Waals surface area contributed by atoms with Gasteiger partial charge in [-0.15, -0.1) is 0 Å². The first-order chi connectivity index (χ1) is 19.0. The van der Waals surface area contributed by atoms with Gasteiger partial charge in [-0.1, -0.05) is 99.6 Å². The summed E-state index contributed by atoms with van der Waals surface area (Å²) in [6, 6.07) is 25.2. The maximum atomic E-state index is 13.3. The molecular weight excluding hydrogens is 500 g/mol. The molecule has 0 aliphatic rings. The number of aliphatic carboxylic acids is 1. The number of carboxylic acids is 1. The van der Waals surface area contributed by atoms with E-state index in [1.807, 2.05) is 76.2 Å². The molecule has 0 fully saturated rings. The number of carboxylic acid groups (broad SMARTS) is 1. The number of carbonyl (C=O) groups is 3. The van der Waals surface area contributed by atoms with Crippen molar-refractivity contribution >= 4 is 17.8 Å². The van der Waals surface area contributed by atoms with Gasteiger partial charge in [-0.2, -0.15) is 0 Å². The van der Waals surface area contributed by atoms with E-state index >= 15 is 0 Å². The van der Waals surface area contributed by atoms with Crippen LogP contribution in [0, 0.1) is 18.3 Å². The summed E-state index contributed by atoms with van der Waals surface area (Å²) in [5.41, 5.74) is 5.06. The molecule has 212 valence electrons. The number of carbonyl (C=O) groups excluding carboxylic acids is 2. The minimum Gasteiger partial charge on any atom is -0.481 e. The third-order valence-corrected chi connectivity index (χ3v) is 7.26. The van der Waals surface area contributed by atoms with E-state index in [9.17, 15) is 19.5 Å². The molecule has 3 rings (SSSR count). The standard InChI is InChI=1S/C34H42N2O4/c1-23-21-25(19-20-29(23)27-16-10-7-11-17-27)13-12-18-28(22-30(37)38)32(39)36-31(34(3,4)5)33(40)35-24(2)26-14-8-6-9-15-26/h6-11,14-17,19-21,24,28,31H,12-13,18,22H2,1-5H3,(H,35,40)(H,36,39)(H,37,38)/t24-,28-,31-/m1/s1. The van der Waals surface area contributed by atoms with Gasteiger partial charge in [0.05, 0.1) is 12.5 Å². The molecule has 6 nitrogen and oxygen atoms in total. The van der Waals surface area contributed by atoms with Gasteiger partial charge in [-0.3, -0.25) is 14.4 Å². The first kappa shape index (κ1) is 30.6. The second kappa shape index (κ2) is 13.9. The van der Waals surface area contributed by atoms with E-state index in [0.29, 0.717) is 12.8 Å². The summed E-state index contributed by atoms with van der Waals surface area (Å²) in [4.78, 5) is 38.2. The topological polar surface area (TPSA) is 95.5 Å². The lowest BCUT2D eigenvalue weighted by Gasteiger charge is -2.32. The van der Waals surface area contributed by atoms with Gasteiger partial charge >= 0.3 is 5.97 Å². The number of hydrogen-bond donors (Lipinski definition) is 3. The highest BCUT2D eigenvalue weighted by molar-refractivity contribution is 5.90. The van der Waals surface area contributed by atoms with E-state index in [4.69, 9.17) is 0 Å². The highest BCUT2D eigenvalue weighted by atomic mass is 16.4. The summed E-state index contributed by atoms with van der Waals surface area (Å²) in [5.74, 6) is -2.45. The molecule has 0 spiro atoms. The fourth-order valence-electron chi connectivity index (χ4n) is 4.97. The van der Waals surface area contributed by atoms with E-state index in [1.54, 1.807) is 0 Å².